The average Bonchev–Trinajstić information content (AvgIpc) is 2.46. The normalized spacial score (nSPS) is 24.8. The van der Waals surface area contributed by atoms with Gasteiger partial charge in [-0.15, -0.1) is 0 Å². The summed E-state index contributed by atoms with van der Waals surface area (Å²) in [4.78, 5) is 0.270. The third-order valence-corrected chi connectivity index (χ3v) is 7.00. The number of halogens is 1. The summed E-state index contributed by atoms with van der Waals surface area (Å²) in [7, 11) is -3.49. The van der Waals surface area contributed by atoms with Crippen LogP contribution in [0.15, 0.2) is 27.6 Å². The van der Waals surface area contributed by atoms with Gasteiger partial charge < -0.3 is 10.5 Å². The largest absolute Gasteiger partial charge is 0.399 e. The van der Waals surface area contributed by atoms with Crippen molar-refractivity contribution < 1.29 is 13.2 Å². The van der Waals surface area contributed by atoms with Crippen molar-refractivity contribution in [3.05, 3.63) is 22.7 Å². The highest BCUT2D eigenvalue weighted by Crippen LogP contribution is 2.44. The second-order valence-corrected chi connectivity index (χ2v) is 9.35. The molecule has 20 heavy (non-hydrogen) atoms. The van der Waals surface area contributed by atoms with Gasteiger partial charge in [0.05, 0.1) is 21.3 Å². The topological polar surface area (TPSA) is 69.4 Å². The molecular formula is C14H20BrNO3S. The van der Waals surface area contributed by atoms with Gasteiger partial charge >= 0.3 is 0 Å². The van der Waals surface area contributed by atoms with Crippen LogP contribution in [0, 0.1) is 0 Å². The number of nitrogen functional groups attached to an aromatic ring is 1. The van der Waals surface area contributed by atoms with E-state index in [4.69, 9.17) is 10.5 Å². The number of anilines is 1. The van der Waals surface area contributed by atoms with Gasteiger partial charge in [-0.3, -0.25) is 0 Å². The first-order valence-electron chi connectivity index (χ1n) is 6.45. The maximum absolute atomic E-state index is 12.9. The van der Waals surface area contributed by atoms with E-state index in [1.165, 1.54) is 0 Å². The molecule has 0 aromatic heterocycles. The quantitative estimate of drug-likeness (QED) is 0.821. The van der Waals surface area contributed by atoms with Crippen LogP contribution in [0.4, 0.5) is 5.69 Å². The Bertz CT molecular complexity index is 638. The van der Waals surface area contributed by atoms with Crippen LogP contribution in [0.5, 0.6) is 0 Å². The van der Waals surface area contributed by atoms with Crippen LogP contribution in [0.25, 0.3) is 0 Å². The lowest BCUT2D eigenvalue weighted by molar-refractivity contribution is -0.0635. The van der Waals surface area contributed by atoms with E-state index in [1.54, 1.807) is 18.2 Å². The summed E-state index contributed by atoms with van der Waals surface area (Å²) in [6.45, 7) is 7.49. The summed E-state index contributed by atoms with van der Waals surface area (Å²) in [5.74, 6) is 0. The Morgan fingerprint density at radius 1 is 1.30 bits per heavy atom. The first-order valence-corrected chi connectivity index (χ1v) is 8.79. The Morgan fingerprint density at radius 2 is 1.90 bits per heavy atom. The van der Waals surface area contributed by atoms with Crippen LogP contribution in [0.3, 0.4) is 0 Å². The number of sulfone groups is 1. The standard InChI is InChI=1S/C14H20BrNO3S/c1-13(2)8-12(14(3,4)19-13)20(17,18)11-6-5-9(16)7-10(11)15/h5-7,12H,8,16H2,1-4H3. The highest BCUT2D eigenvalue weighted by molar-refractivity contribution is 9.10. The second-order valence-electron chi connectivity index (χ2n) is 6.39. The molecule has 1 aromatic carbocycles. The van der Waals surface area contributed by atoms with Gasteiger partial charge in [0.15, 0.2) is 9.84 Å². The number of hydrogen-bond acceptors (Lipinski definition) is 4. The van der Waals surface area contributed by atoms with Gasteiger partial charge in [0.1, 0.15) is 0 Å². The first-order chi connectivity index (χ1) is 8.96. The van der Waals surface area contributed by atoms with E-state index < -0.39 is 26.3 Å². The molecule has 0 saturated carbocycles. The highest BCUT2D eigenvalue weighted by Gasteiger charge is 2.52. The van der Waals surface area contributed by atoms with E-state index >= 15 is 0 Å². The lowest BCUT2D eigenvalue weighted by Gasteiger charge is -2.27. The fraction of sp³-hybridized carbons (Fsp3) is 0.571. The van der Waals surface area contributed by atoms with Crippen molar-refractivity contribution in [2.75, 3.05) is 5.73 Å². The molecule has 1 atom stereocenters. The zero-order valence-electron chi connectivity index (χ0n) is 12.1. The van der Waals surface area contributed by atoms with E-state index in [1.807, 2.05) is 27.7 Å². The van der Waals surface area contributed by atoms with E-state index in [0.29, 0.717) is 16.6 Å². The first kappa shape index (κ1) is 15.8. The summed E-state index contributed by atoms with van der Waals surface area (Å²) >= 11 is 3.30. The third kappa shape index (κ3) is 2.73. The molecule has 1 heterocycles. The summed E-state index contributed by atoms with van der Waals surface area (Å²) in [6, 6.07) is 4.77. The molecule has 1 saturated heterocycles. The number of benzene rings is 1. The van der Waals surface area contributed by atoms with Crippen LogP contribution >= 0.6 is 15.9 Å². The minimum absolute atomic E-state index is 0.270. The van der Waals surface area contributed by atoms with Crippen molar-refractivity contribution in [3.63, 3.8) is 0 Å². The lowest BCUT2D eigenvalue weighted by Crippen LogP contribution is -2.38. The molecule has 1 aliphatic heterocycles. The molecule has 6 heteroatoms. The summed E-state index contributed by atoms with van der Waals surface area (Å²) in [5.41, 5.74) is 5.04. The third-order valence-electron chi connectivity index (χ3n) is 3.63. The molecule has 0 bridgehead atoms. The summed E-state index contributed by atoms with van der Waals surface area (Å²) in [5, 5.41) is -0.579. The molecule has 0 aliphatic carbocycles. The smallest absolute Gasteiger partial charge is 0.185 e. The van der Waals surface area contributed by atoms with Crippen LogP contribution < -0.4 is 5.73 Å². The number of ether oxygens (including phenoxy) is 1. The summed E-state index contributed by atoms with van der Waals surface area (Å²) < 4.78 is 32.2. The fourth-order valence-corrected chi connectivity index (χ4v) is 6.28. The molecule has 1 aliphatic rings. The van der Waals surface area contributed by atoms with E-state index in [2.05, 4.69) is 15.9 Å². The predicted molar refractivity (Wildman–Crippen MR) is 83.4 cm³/mol. The molecule has 0 radical (unpaired) electrons. The molecule has 2 rings (SSSR count). The highest BCUT2D eigenvalue weighted by atomic mass is 79.9. The Hall–Kier alpha value is -0.590. The van der Waals surface area contributed by atoms with Crippen molar-refractivity contribution in [2.45, 2.75) is 55.5 Å². The lowest BCUT2D eigenvalue weighted by atomic mass is 10.0. The van der Waals surface area contributed by atoms with E-state index in [-0.39, 0.29) is 4.90 Å². The Kier molecular flexibility index (Phi) is 3.72. The molecule has 112 valence electrons. The van der Waals surface area contributed by atoms with Crippen molar-refractivity contribution in [3.8, 4) is 0 Å². The SMILES string of the molecule is CC1(C)CC(S(=O)(=O)c2ccc(N)cc2Br)C(C)(C)O1. The molecular weight excluding hydrogens is 342 g/mol. The number of nitrogens with two attached hydrogens (primary N) is 1. The second kappa shape index (κ2) is 4.71. The van der Waals surface area contributed by atoms with Gasteiger partial charge in [0, 0.05) is 10.2 Å². The zero-order valence-corrected chi connectivity index (χ0v) is 14.5. The monoisotopic (exact) mass is 361 g/mol. The predicted octanol–water partition coefficient (Wildman–Crippen LogP) is 3.15. The molecule has 2 N–H and O–H groups in total. The Labute approximate surface area is 128 Å². The van der Waals surface area contributed by atoms with Crippen molar-refractivity contribution >= 4 is 31.5 Å². The van der Waals surface area contributed by atoms with Crippen LogP contribution in [-0.4, -0.2) is 24.9 Å². The van der Waals surface area contributed by atoms with Gasteiger partial charge in [0.2, 0.25) is 0 Å². The van der Waals surface area contributed by atoms with Crippen LogP contribution in [0.1, 0.15) is 34.1 Å². The Balaban J connectivity index is 2.51. The van der Waals surface area contributed by atoms with E-state index in [0.717, 1.165) is 0 Å². The Morgan fingerprint density at radius 3 is 2.35 bits per heavy atom. The molecule has 1 unspecified atom stereocenters. The molecule has 0 amide bonds. The minimum Gasteiger partial charge on any atom is -0.399 e. The molecule has 0 spiro atoms. The van der Waals surface area contributed by atoms with Gasteiger partial charge in [-0.1, -0.05) is 0 Å². The molecule has 1 fully saturated rings. The number of rotatable bonds is 2. The van der Waals surface area contributed by atoms with Gasteiger partial charge in [-0.25, -0.2) is 8.42 Å². The van der Waals surface area contributed by atoms with Crippen LogP contribution in [0.2, 0.25) is 0 Å². The minimum atomic E-state index is -3.49. The zero-order chi connectivity index (χ0) is 15.3. The fourth-order valence-electron chi connectivity index (χ4n) is 2.90. The van der Waals surface area contributed by atoms with Gasteiger partial charge in [-0.05, 0) is 68.2 Å². The van der Waals surface area contributed by atoms with Gasteiger partial charge in [0.25, 0.3) is 0 Å². The van der Waals surface area contributed by atoms with Crippen molar-refractivity contribution in [1.82, 2.24) is 0 Å². The summed E-state index contributed by atoms with van der Waals surface area (Å²) in [6.07, 6.45) is 0.471. The van der Waals surface area contributed by atoms with Crippen molar-refractivity contribution in [1.29, 1.82) is 0 Å². The van der Waals surface area contributed by atoms with Crippen molar-refractivity contribution in [2.24, 2.45) is 0 Å². The maximum atomic E-state index is 12.9. The van der Waals surface area contributed by atoms with E-state index in [9.17, 15) is 8.42 Å². The average molecular weight is 362 g/mol. The van der Waals surface area contributed by atoms with Gasteiger partial charge in [-0.2, -0.15) is 0 Å². The number of hydrogen-bond donors (Lipinski definition) is 1. The molecule has 4 nitrogen and oxygen atoms in total. The maximum Gasteiger partial charge on any atom is 0.185 e. The molecule has 1 aromatic rings. The van der Waals surface area contributed by atoms with Crippen LogP contribution in [-0.2, 0) is 14.6 Å².